The summed E-state index contributed by atoms with van der Waals surface area (Å²) in [5.74, 6) is 1.53. The summed E-state index contributed by atoms with van der Waals surface area (Å²) in [5.41, 5.74) is 0.634. The van der Waals surface area contributed by atoms with Crippen LogP contribution in [-0.2, 0) is 0 Å². The van der Waals surface area contributed by atoms with Gasteiger partial charge in [0.05, 0.1) is 0 Å². The molecule has 3 nitrogen and oxygen atoms in total. The van der Waals surface area contributed by atoms with Crippen molar-refractivity contribution in [2.75, 3.05) is 13.1 Å². The topological polar surface area (TPSA) is 36.4 Å². The molecule has 2 saturated carbocycles. The van der Waals surface area contributed by atoms with E-state index in [0.717, 1.165) is 31.4 Å². The maximum absolute atomic E-state index is 13.9. The molecule has 114 valence electrons. The lowest BCUT2D eigenvalue weighted by atomic mass is 10.1. The second kappa shape index (κ2) is 6.22. The minimum absolute atomic E-state index is 0.142. The Morgan fingerprint density at radius 2 is 2.24 bits per heavy atom. The normalized spacial score (nSPS) is 24.8. The van der Waals surface area contributed by atoms with Gasteiger partial charge in [0.2, 0.25) is 0 Å². The van der Waals surface area contributed by atoms with Crippen molar-refractivity contribution in [1.82, 2.24) is 10.6 Å². The summed E-state index contributed by atoms with van der Waals surface area (Å²) in [5, 5.41) is 7.16. The van der Waals surface area contributed by atoms with E-state index >= 15 is 0 Å². The molecule has 1 aromatic carbocycles. The highest BCUT2D eigenvalue weighted by molar-refractivity contribution is 6.31. The summed E-state index contributed by atoms with van der Waals surface area (Å²) in [4.78, 5) is 4.60. The number of nitrogens with one attached hydrogen (secondary N) is 2. The molecule has 2 aliphatic carbocycles. The Kier molecular flexibility index (Phi) is 4.34. The van der Waals surface area contributed by atoms with Gasteiger partial charge >= 0.3 is 0 Å². The molecular formula is C16H21ClFN3. The summed E-state index contributed by atoms with van der Waals surface area (Å²) >= 11 is 6.12. The number of guanidine groups is 1. The molecule has 2 unspecified atom stereocenters. The molecule has 5 heteroatoms. The van der Waals surface area contributed by atoms with E-state index in [-0.39, 0.29) is 17.8 Å². The molecule has 2 N–H and O–H groups in total. The molecule has 0 saturated heterocycles. The van der Waals surface area contributed by atoms with Crippen molar-refractivity contribution in [1.29, 1.82) is 0 Å². The van der Waals surface area contributed by atoms with Crippen LogP contribution in [0.5, 0.6) is 0 Å². The maximum Gasteiger partial charge on any atom is 0.191 e. The highest BCUT2D eigenvalue weighted by atomic mass is 35.5. The maximum atomic E-state index is 13.9. The molecule has 0 heterocycles. The van der Waals surface area contributed by atoms with Gasteiger partial charge in [0, 0.05) is 35.6 Å². The molecule has 3 rings (SSSR count). The monoisotopic (exact) mass is 309 g/mol. The van der Waals surface area contributed by atoms with Crippen molar-refractivity contribution in [2.24, 2.45) is 10.9 Å². The molecule has 0 bridgehead atoms. The first kappa shape index (κ1) is 14.6. The van der Waals surface area contributed by atoms with Crippen molar-refractivity contribution in [3.63, 3.8) is 0 Å². The fourth-order valence-electron chi connectivity index (χ4n) is 2.55. The van der Waals surface area contributed by atoms with Gasteiger partial charge in [0.15, 0.2) is 5.96 Å². The minimum Gasteiger partial charge on any atom is -0.357 e. The quantitative estimate of drug-likeness (QED) is 0.647. The van der Waals surface area contributed by atoms with Gasteiger partial charge in [0.1, 0.15) is 5.82 Å². The van der Waals surface area contributed by atoms with E-state index in [1.54, 1.807) is 12.1 Å². The molecule has 1 aromatic rings. The Labute approximate surface area is 130 Å². The molecule has 0 amide bonds. The standard InChI is InChI=1S/C16H21ClFN3/c1-2-19-16(20-9-10-6-7-10)21-14-8-11(14)15-12(17)4-3-5-13(15)18/h3-5,10-11,14H,2,6-9H2,1H3,(H2,19,20,21). The van der Waals surface area contributed by atoms with E-state index in [2.05, 4.69) is 15.6 Å². The van der Waals surface area contributed by atoms with E-state index in [1.165, 1.54) is 18.9 Å². The molecule has 21 heavy (non-hydrogen) atoms. The predicted octanol–water partition coefficient (Wildman–Crippen LogP) is 3.30. The molecule has 0 radical (unpaired) electrons. The zero-order valence-electron chi connectivity index (χ0n) is 12.2. The van der Waals surface area contributed by atoms with Crippen LogP contribution < -0.4 is 10.6 Å². The Bertz CT molecular complexity index is 522. The van der Waals surface area contributed by atoms with E-state index in [1.807, 2.05) is 6.92 Å². The van der Waals surface area contributed by atoms with Crippen molar-refractivity contribution >= 4 is 17.6 Å². The van der Waals surface area contributed by atoms with Crippen molar-refractivity contribution in [3.8, 4) is 0 Å². The van der Waals surface area contributed by atoms with Crippen molar-refractivity contribution in [3.05, 3.63) is 34.6 Å². The van der Waals surface area contributed by atoms with Gasteiger partial charge in [-0.15, -0.1) is 0 Å². The van der Waals surface area contributed by atoms with Crippen molar-refractivity contribution < 1.29 is 4.39 Å². The largest absolute Gasteiger partial charge is 0.357 e. The lowest BCUT2D eigenvalue weighted by molar-refractivity contribution is 0.608. The summed E-state index contributed by atoms with van der Waals surface area (Å²) < 4.78 is 13.9. The zero-order valence-corrected chi connectivity index (χ0v) is 13.0. The van der Waals surface area contributed by atoms with E-state index < -0.39 is 0 Å². The second-order valence-corrected chi connectivity index (χ2v) is 6.30. The highest BCUT2D eigenvalue weighted by Gasteiger charge is 2.41. The summed E-state index contributed by atoms with van der Waals surface area (Å²) in [7, 11) is 0. The lowest BCUT2D eigenvalue weighted by Gasteiger charge is -2.12. The van der Waals surface area contributed by atoms with Crippen LogP contribution >= 0.6 is 11.6 Å². The smallest absolute Gasteiger partial charge is 0.191 e. The second-order valence-electron chi connectivity index (χ2n) is 5.89. The average Bonchev–Trinajstić information content (AvgIpc) is 3.32. The Hall–Kier alpha value is -1.29. The number of hydrogen-bond donors (Lipinski definition) is 2. The van der Waals surface area contributed by atoms with Crippen LogP contribution in [0.25, 0.3) is 0 Å². The predicted molar refractivity (Wildman–Crippen MR) is 84.4 cm³/mol. The number of rotatable bonds is 5. The van der Waals surface area contributed by atoms with Crippen LogP contribution in [0, 0.1) is 11.7 Å². The molecule has 2 aliphatic rings. The number of nitrogens with zero attached hydrogens (tertiary/aromatic N) is 1. The Balaban J connectivity index is 1.62. The molecule has 0 aromatic heterocycles. The molecule has 0 spiro atoms. The van der Waals surface area contributed by atoms with Crippen LogP contribution in [0.3, 0.4) is 0 Å². The van der Waals surface area contributed by atoms with Crippen LogP contribution in [0.4, 0.5) is 4.39 Å². The molecule has 0 aliphatic heterocycles. The van der Waals surface area contributed by atoms with Crippen LogP contribution in [-0.4, -0.2) is 25.1 Å². The minimum atomic E-state index is -0.211. The summed E-state index contributed by atoms with van der Waals surface area (Å²) in [6.07, 6.45) is 3.48. The fraction of sp³-hybridized carbons (Fsp3) is 0.562. The SMILES string of the molecule is CCNC(=NCC1CC1)NC1CC1c1c(F)cccc1Cl. The van der Waals surface area contributed by atoms with Gasteiger partial charge in [0.25, 0.3) is 0 Å². The molecule has 2 fully saturated rings. The van der Waals surface area contributed by atoms with Gasteiger partial charge in [-0.25, -0.2) is 4.39 Å². The van der Waals surface area contributed by atoms with Crippen molar-refractivity contribution in [2.45, 2.75) is 38.1 Å². The summed E-state index contributed by atoms with van der Waals surface area (Å²) in [6, 6.07) is 5.09. The first-order chi connectivity index (χ1) is 10.2. The van der Waals surface area contributed by atoms with E-state index in [4.69, 9.17) is 11.6 Å². The Morgan fingerprint density at radius 1 is 1.43 bits per heavy atom. The Morgan fingerprint density at radius 3 is 2.90 bits per heavy atom. The number of benzene rings is 1. The van der Waals surface area contributed by atoms with E-state index in [9.17, 15) is 4.39 Å². The average molecular weight is 310 g/mol. The fourth-order valence-corrected chi connectivity index (χ4v) is 2.86. The van der Waals surface area contributed by atoms with Crippen LogP contribution in [0.2, 0.25) is 5.02 Å². The number of halogens is 2. The van der Waals surface area contributed by atoms with Crippen LogP contribution in [0.15, 0.2) is 23.2 Å². The van der Waals surface area contributed by atoms with Gasteiger partial charge in [-0.1, -0.05) is 17.7 Å². The number of hydrogen-bond acceptors (Lipinski definition) is 1. The first-order valence-electron chi connectivity index (χ1n) is 7.67. The third kappa shape index (κ3) is 3.67. The van der Waals surface area contributed by atoms with Gasteiger partial charge in [-0.2, -0.15) is 0 Å². The van der Waals surface area contributed by atoms with Gasteiger partial charge in [-0.05, 0) is 44.2 Å². The summed E-state index contributed by atoms with van der Waals surface area (Å²) in [6.45, 7) is 3.76. The number of aliphatic imine (C=N–C) groups is 1. The third-order valence-corrected chi connectivity index (χ3v) is 4.36. The molecule has 2 atom stereocenters. The van der Waals surface area contributed by atoms with Gasteiger partial charge in [-0.3, -0.25) is 4.99 Å². The molecular weight excluding hydrogens is 289 g/mol. The van der Waals surface area contributed by atoms with Crippen LogP contribution in [0.1, 0.15) is 37.7 Å². The third-order valence-electron chi connectivity index (χ3n) is 4.03. The lowest BCUT2D eigenvalue weighted by Crippen LogP contribution is -2.39. The van der Waals surface area contributed by atoms with E-state index in [0.29, 0.717) is 10.6 Å². The van der Waals surface area contributed by atoms with Gasteiger partial charge < -0.3 is 10.6 Å². The highest BCUT2D eigenvalue weighted by Crippen LogP contribution is 2.44. The zero-order chi connectivity index (χ0) is 14.8. The first-order valence-corrected chi connectivity index (χ1v) is 8.05.